The fourth-order valence-electron chi connectivity index (χ4n) is 3.17. The van der Waals surface area contributed by atoms with Gasteiger partial charge in [0.1, 0.15) is 29.6 Å². The molecule has 1 N–H and O–H groups in total. The van der Waals surface area contributed by atoms with E-state index in [9.17, 15) is 28.1 Å². The number of amides is 1. The Morgan fingerprint density at radius 2 is 1.73 bits per heavy atom. The van der Waals surface area contributed by atoms with Crippen LogP contribution >= 0.6 is 11.6 Å². The maximum absolute atomic E-state index is 13.0. The number of nitrogens with one attached hydrogen (secondary N) is 1. The molecular formula is C25H16ClF3N2O6. The van der Waals surface area contributed by atoms with Crippen LogP contribution in [-0.2, 0) is 12.8 Å². The Hall–Kier alpha value is -4.51. The number of hydrogen-bond acceptors (Lipinski definition) is 6. The van der Waals surface area contributed by atoms with Crippen LogP contribution in [0.25, 0.3) is 0 Å². The molecule has 0 saturated carbocycles. The van der Waals surface area contributed by atoms with Crippen molar-refractivity contribution in [2.45, 2.75) is 12.8 Å². The van der Waals surface area contributed by atoms with Gasteiger partial charge in [-0.25, -0.2) is 0 Å². The van der Waals surface area contributed by atoms with Gasteiger partial charge in [-0.2, -0.15) is 13.2 Å². The van der Waals surface area contributed by atoms with E-state index in [4.69, 9.17) is 25.5 Å². The van der Waals surface area contributed by atoms with Crippen LogP contribution < -0.4 is 14.8 Å². The summed E-state index contributed by atoms with van der Waals surface area (Å²) in [6.07, 6.45) is -4.59. The van der Waals surface area contributed by atoms with Crippen molar-refractivity contribution in [2.24, 2.45) is 0 Å². The lowest BCUT2D eigenvalue weighted by molar-refractivity contribution is -0.384. The number of carbonyl (C=O) groups is 1. The number of non-ortho nitro benzene ring substituents is 1. The molecule has 0 atom stereocenters. The number of anilines is 1. The predicted molar refractivity (Wildman–Crippen MR) is 127 cm³/mol. The fourth-order valence-corrected chi connectivity index (χ4v) is 3.35. The molecular weight excluding hydrogens is 517 g/mol. The molecule has 0 spiro atoms. The molecule has 3 aromatic carbocycles. The van der Waals surface area contributed by atoms with E-state index < -0.39 is 28.3 Å². The molecule has 0 aliphatic rings. The van der Waals surface area contributed by atoms with Crippen LogP contribution in [0.15, 0.2) is 83.3 Å². The first-order valence-corrected chi connectivity index (χ1v) is 10.9. The number of rotatable bonds is 8. The SMILES string of the molecule is O=C(Nc1cc(Oc2cccc(C(F)(F)F)c2)cc([N+](=O)[O-])c1)c1ccc(COc2cccc(Cl)c2)o1. The first kappa shape index (κ1) is 25.6. The highest BCUT2D eigenvalue weighted by Crippen LogP contribution is 2.34. The summed E-state index contributed by atoms with van der Waals surface area (Å²) in [5.74, 6) is -0.338. The van der Waals surface area contributed by atoms with Crippen LogP contribution in [0.2, 0.25) is 5.02 Å². The molecule has 190 valence electrons. The molecule has 37 heavy (non-hydrogen) atoms. The molecule has 0 aliphatic carbocycles. The lowest BCUT2D eigenvalue weighted by Gasteiger charge is -2.11. The average Bonchev–Trinajstić information content (AvgIpc) is 3.32. The molecule has 1 aromatic heterocycles. The van der Waals surface area contributed by atoms with Crippen molar-refractivity contribution >= 4 is 28.9 Å². The van der Waals surface area contributed by atoms with Crippen molar-refractivity contribution < 1.29 is 36.8 Å². The second-order valence-corrected chi connectivity index (χ2v) is 8.00. The standard InChI is InChI=1S/C25H16ClF3N2O6/c26-16-4-2-5-19(10-16)35-14-21-7-8-23(37-21)24(32)30-17-11-18(31(33)34)13-22(12-17)36-20-6-1-3-15(9-20)25(27,28)29/h1-13H,14H2,(H,30,32). The van der Waals surface area contributed by atoms with E-state index in [1.54, 1.807) is 24.3 Å². The number of hydrogen-bond donors (Lipinski definition) is 1. The van der Waals surface area contributed by atoms with Crippen LogP contribution in [0.1, 0.15) is 21.9 Å². The second-order valence-electron chi connectivity index (χ2n) is 7.57. The van der Waals surface area contributed by atoms with E-state index in [2.05, 4.69) is 5.32 Å². The zero-order valence-corrected chi connectivity index (χ0v) is 19.4. The summed E-state index contributed by atoms with van der Waals surface area (Å²) in [6, 6.07) is 17.0. The number of halogens is 4. The van der Waals surface area contributed by atoms with Gasteiger partial charge in [-0.3, -0.25) is 14.9 Å². The third-order valence-electron chi connectivity index (χ3n) is 4.82. The Morgan fingerprint density at radius 3 is 2.46 bits per heavy atom. The van der Waals surface area contributed by atoms with Gasteiger partial charge in [0.05, 0.1) is 22.2 Å². The Bertz CT molecular complexity index is 1450. The molecule has 0 aliphatic heterocycles. The van der Waals surface area contributed by atoms with E-state index in [0.717, 1.165) is 30.3 Å². The van der Waals surface area contributed by atoms with E-state index in [0.29, 0.717) is 16.5 Å². The average molecular weight is 533 g/mol. The molecule has 12 heteroatoms. The molecule has 0 radical (unpaired) electrons. The van der Waals surface area contributed by atoms with E-state index in [1.807, 2.05) is 0 Å². The summed E-state index contributed by atoms with van der Waals surface area (Å²) >= 11 is 5.91. The molecule has 8 nitrogen and oxygen atoms in total. The minimum atomic E-state index is -4.59. The summed E-state index contributed by atoms with van der Waals surface area (Å²) in [5, 5.41) is 14.3. The molecule has 1 heterocycles. The van der Waals surface area contributed by atoms with E-state index in [-0.39, 0.29) is 29.6 Å². The number of benzene rings is 3. The quantitative estimate of drug-likeness (QED) is 0.186. The van der Waals surface area contributed by atoms with Crippen molar-refractivity contribution in [3.8, 4) is 17.2 Å². The fraction of sp³-hybridized carbons (Fsp3) is 0.0800. The highest BCUT2D eigenvalue weighted by atomic mass is 35.5. The molecule has 4 aromatic rings. The van der Waals surface area contributed by atoms with Gasteiger partial charge in [-0.05, 0) is 48.5 Å². The minimum absolute atomic E-state index is 0.0133. The lowest BCUT2D eigenvalue weighted by atomic mass is 10.2. The number of alkyl halides is 3. The lowest BCUT2D eigenvalue weighted by Crippen LogP contribution is -2.11. The van der Waals surface area contributed by atoms with Gasteiger partial charge in [0.25, 0.3) is 11.6 Å². The Labute approximate surface area is 212 Å². The van der Waals surface area contributed by atoms with Crippen molar-refractivity contribution in [1.29, 1.82) is 0 Å². The van der Waals surface area contributed by atoms with Crippen LogP contribution in [0.3, 0.4) is 0 Å². The number of nitro benzene ring substituents is 1. The Morgan fingerprint density at radius 1 is 0.973 bits per heavy atom. The van der Waals surface area contributed by atoms with E-state index >= 15 is 0 Å². The van der Waals surface area contributed by atoms with Gasteiger partial charge in [0.15, 0.2) is 5.76 Å². The van der Waals surface area contributed by atoms with Gasteiger partial charge in [-0.1, -0.05) is 23.7 Å². The van der Waals surface area contributed by atoms with E-state index in [1.165, 1.54) is 24.3 Å². The zero-order valence-electron chi connectivity index (χ0n) is 18.6. The van der Waals surface area contributed by atoms with Crippen molar-refractivity contribution in [3.05, 3.63) is 111 Å². The van der Waals surface area contributed by atoms with Gasteiger partial charge < -0.3 is 19.2 Å². The zero-order chi connectivity index (χ0) is 26.6. The monoisotopic (exact) mass is 532 g/mol. The van der Waals surface area contributed by atoms with Gasteiger partial charge in [0, 0.05) is 17.2 Å². The van der Waals surface area contributed by atoms with Gasteiger partial charge >= 0.3 is 6.18 Å². The van der Waals surface area contributed by atoms with Crippen LogP contribution in [0.4, 0.5) is 24.5 Å². The predicted octanol–water partition coefficient (Wildman–Crippen LogP) is 7.48. The van der Waals surface area contributed by atoms with Gasteiger partial charge in [-0.15, -0.1) is 0 Å². The summed E-state index contributed by atoms with van der Waals surface area (Å²) in [4.78, 5) is 23.3. The van der Waals surface area contributed by atoms with Crippen LogP contribution in [0.5, 0.6) is 17.2 Å². The van der Waals surface area contributed by atoms with Crippen molar-refractivity contribution in [3.63, 3.8) is 0 Å². The molecule has 0 saturated heterocycles. The first-order chi connectivity index (χ1) is 17.6. The summed E-state index contributed by atoms with van der Waals surface area (Å²) in [6.45, 7) is 0.0133. The topological polar surface area (TPSA) is 104 Å². The maximum atomic E-state index is 13.0. The first-order valence-electron chi connectivity index (χ1n) is 10.5. The highest BCUT2D eigenvalue weighted by molar-refractivity contribution is 6.30. The number of carbonyl (C=O) groups excluding carboxylic acids is 1. The molecule has 4 rings (SSSR count). The normalized spacial score (nSPS) is 11.1. The molecule has 1 amide bonds. The summed E-state index contributed by atoms with van der Waals surface area (Å²) in [7, 11) is 0. The number of ether oxygens (including phenoxy) is 2. The minimum Gasteiger partial charge on any atom is -0.486 e. The Kier molecular flexibility index (Phi) is 7.35. The maximum Gasteiger partial charge on any atom is 0.416 e. The molecule has 0 bridgehead atoms. The number of nitrogens with zero attached hydrogens (tertiary/aromatic N) is 1. The number of furan rings is 1. The van der Waals surface area contributed by atoms with Crippen LogP contribution in [-0.4, -0.2) is 10.8 Å². The van der Waals surface area contributed by atoms with Crippen molar-refractivity contribution in [2.75, 3.05) is 5.32 Å². The van der Waals surface area contributed by atoms with Gasteiger partial charge in [0.2, 0.25) is 0 Å². The number of nitro groups is 1. The molecule has 0 unspecified atom stereocenters. The Balaban J connectivity index is 1.48. The summed E-state index contributed by atoms with van der Waals surface area (Å²) < 4.78 is 55.4. The largest absolute Gasteiger partial charge is 0.486 e. The summed E-state index contributed by atoms with van der Waals surface area (Å²) in [5.41, 5.74) is -1.43. The highest BCUT2D eigenvalue weighted by Gasteiger charge is 2.30. The molecule has 0 fully saturated rings. The smallest absolute Gasteiger partial charge is 0.416 e. The van der Waals surface area contributed by atoms with Crippen molar-refractivity contribution in [1.82, 2.24) is 0 Å². The third kappa shape index (κ3) is 6.79. The third-order valence-corrected chi connectivity index (χ3v) is 5.05. The van der Waals surface area contributed by atoms with Crippen LogP contribution in [0, 0.1) is 10.1 Å². The second kappa shape index (κ2) is 10.6.